The summed E-state index contributed by atoms with van der Waals surface area (Å²) in [5, 5.41) is 7.18. The van der Waals surface area contributed by atoms with E-state index in [0.29, 0.717) is 24.7 Å². The number of hydrogen-bond donors (Lipinski definition) is 0. The van der Waals surface area contributed by atoms with Crippen LogP contribution in [0, 0.1) is 0 Å². The molecule has 0 radical (unpaired) electrons. The smallest absolute Gasteiger partial charge is 0.241 e. The van der Waals surface area contributed by atoms with Gasteiger partial charge in [0, 0.05) is 32.6 Å². The highest BCUT2D eigenvalue weighted by Gasteiger charge is 2.22. The maximum Gasteiger partial charge on any atom is 0.241 e. The van der Waals surface area contributed by atoms with E-state index in [1.807, 2.05) is 40.6 Å². The van der Waals surface area contributed by atoms with E-state index in [0.717, 1.165) is 54.4 Å². The van der Waals surface area contributed by atoms with Gasteiger partial charge in [0.15, 0.2) is 0 Å². The standard InChI is InChI=1S/C22H23N5O2S2/c28-21(9-3-8-20-23-16-5-1-2-6-17(16)31-20)27-12-10-26(11-13-27)15-19-24-22(25-29-19)18-7-4-14-30-18/h1-2,4-7,14H,3,8-13,15H2. The fourth-order valence-corrected chi connectivity index (χ4v) is 5.41. The number of aromatic nitrogens is 3. The van der Waals surface area contributed by atoms with Gasteiger partial charge in [0.05, 0.1) is 26.6 Å². The fourth-order valence-electron chi connectivity index (χ4n) is 3.75. The van der Waals surface area contributed by atoms with Crippen molar-refractivity contribution in [1.82, 2.24) is 24.9 Å². The number of para-hydroxylation sites is 1. The lowest BCUT2D eigenvalue weighted by molar-refractivity contribution is -0.133. The number of piperazine rings is 1. The Balaban J connectivity index is 1.06. The van der Waals surface area contributed by atoms with E-state index in [1.54, 1.807) is 22.7 Å². The molecule has 5 rings (SSSR count). The summed E-state index contributed by atoms with van der Waals surface area (Å²) in [5.74, 6) is 1.50. The van der Waals surface area contributed by atoms with Crippen molar-refractivity contribution in [2.75, 3.05) is 26.2 Å². The molecule has 0 aliphatic carbocycles. The van der Waals surface area contributed by atoms with Crippen molar-refractivity contribution >= 4 is 38.8 Å². The number of fused-ring (bicyclic) bond motifs is 1. The lowest BCUT2D eigenvalue weighted by Gasteiger charge is -2.34. The summed E-state index contributed by atoms with van der Waals surface area (Å²) in [4.78, 5) is 27.0. The molecule has 1 aliphatic rings. The molecule has 3 aromatic heterocycles. The first-order chi connectivity index (χ1) is 15.2. The third-order valence-electron chi connectivity index (χ3n) is 5.41. The van der Waals surface area contributed by atoms with E-state index < -0.39 is 0 Å². The summed E-state index contributed by atoms with van der Waals surface area (Å²) in [6.45, 7) is 3.75. The minimum atomic E-state index is 0.235. The number of carbonyl (C=O) groups is 1. The predicted octanol–water partition coefficient (Wildman–Crippen LogP) is 4.07. The lowest BCUT2D eigenvalue weighted by Crippen LogP contribution is -2.48. The molecule has 1 fully saturated rings. The highest BCUT2D eigenvalue weighted by Crippen LogP contribution is 2.23. The number of rotatable bonds is 7. The predicted molar refractivity (Wildman–Crippen MR) is 122 cm³/mol. The Hall–Kier alpha value is -2.62. The van der Waals surface area contributed by atoms with Crippen LogP contribution >= 0.6 is 22.7 Å². The molecular weight excluding hydrogens is 430 g/mol. The van der Waals surface area contributed by atoms with Crippen molar-refractivity contribution in [3.8, 4) is 10.7 Å². The van der Waals surface area contributed by atoms with Crippen molar-refractivity contribution < 1.29 is 9.32 Å². The van der Waals surface area contributed by atoms with Crippen LogP contribution in [0.25, 0.3) is 20.9 Å². The molecule has 1 aliphatic heterocycles. The molecule has 4 heterocycles. The first kappa shape index (κ1) is 20.3. The first-order valence-electron chi connectivity index (χ1n) is 10.5. The molecule has 0 N–H and O–H groups in total. The highest BCUT2D eigenvalue weighted by atomic mass is 32.1. The molecule has 0 spiro atoms. The third kappa shape index (κ3) is 4.84. The van der Waals surface area contributed by atoms with E-state index in [4.69, 9.17) is 4.52 Å². The average molecular weight is 454 g/mol. The van der Waals surface area contributed by atoms with Gasteiger partial charge in [0.2, 0.25) is 17.6 Å². The molecule has 4 aromatic rings. The van der Waals surface area contributed by atoms with E-state index in [9.17, 15) is 4.79 Å². The number of benzene rings is 1. The number of nitrogens with zero attached hydrogens (tertiary/aromatic N) is 5. The second-order valence-corrected chi connectivity index (χ2v) is 9.64. The van der Waals surface area contributed by atoms with Crippen LogP contribution in [0.5, 0.6) is 0 Å². The second kappa shape index (κ2) is 9.25. The van der Waals surface area contributed by atoms with Gasteiger partial charge in [-0.25, -0.2) is 4.98 Å². The number of hydrogen-bond acceptors (Lipinski definition) is 8. The van der Waals surface area contributed by atoms with Crippen molar-refractivity contribution in [2.45, 2.75) is 25.8 Å². The number of aryl methyl sites for hydroxylation is 1. The van der Waals surface area contributed by atoms with Crippen LogP contribution in [-0.4, -0.2) is 57.0 Å². The molecule has 0 bridgehead atoms. The van der Waals surface area contributed by atoms with Gasteiger partial charge in [-0.1, -0.05) is 23.4 Å². The van der Waals surface area contributed by atoms with Gasteiger partial charge in [0.25, 0.3) is 0 Å². The van der Waals surface area contributed by atoms with Crippen LogP contribution in [0.2, 0.25) is 0 Å². The molecule has 0 atom stereocenters. The van der Waals surface area contributed by atoms with Crippen LogP contribution in [0.1, 0.15) is 23.7 Å². The van der Waals surface area contributed by atoms with Crippen molar-refractivity contribution in [3.05, 3.63) is 52.7 Å². The zero-order valence-corrected chi connectivity index (χ0v) is 18.7. The monoisotopic (exact) mass is 453 g/mol. The van der Waals surface area contributed by atoms with Crippen LogP contribution < -0.4 is 0 Å². The number of thiophene rings is 1. The Kier molecular flexibility index (Phi) is 6.06. The van der Waals surface area contributed by atoms with Crippen molar-refractivity contribution in [1.29, 1.82) is 0 Å². The van der Waals surface area contributed by atoms with Gasteiger partial charge in [-0.15, -0.1) is 22.7 Å². The Labute approximate surface area is 188 Å². The van der Waals surface area contributed by atoms with Crippen LogP contribution in [-0.2, 0) is 17.8 Å². The minimum absolute atomic E-state index is 0.235. The lowest BCUT2D eigenvalue weighted by atomic mass is 10.2. The van der Waals surface area contributed by atoms with E-state index in [2.05, 4.69) is 26.1 Å². The average Bonchev–Trinajstić information content (AvgIpc) is 3.54. The maximum atomic E-state index is 12.6. The Morgan fingerprint density at radius 1 is 1.06 bits per heavy atom. The summed E-state index contributed by atoms with van der Waals surface area (Å²) in [5.41, 5.74) is 1.05. The largest absolute Gasteiger partial charge is 0.340 e. The maximum absolute atomic E-state index is 12.6. The quantitative estimate of drug-likeness (QED) is 0.420. The van der Waals surface area contributed by atoms with Gasteiger partial charge in [0.1, 0.15) is 0 Å². The van der Waals surface area contributed by atoms with E-state index in [-0.39, 0.29) is 5.91 Å². The van der Waals surface area contributed by atoms with Crippen LogP contribution in [0.4, 0.5) is 0 Å². The molecular formula is C22H23N5O2S2. The van der Waals surface area contributed by atoms with Gasteiger partial charge in [-0.3, -0.25) is 9.69 Å². The van der Waals surface area contributed by atoms with E-state index >= 15 is 0 Å². The molecule has 0 unspecified atom stereocenters. The zero-order chi connectivity index (χ0) is 21.0. The molecule has 1 aromatic carbocycles. The third-order valence-corrected chi connectivity index (χ3v) is 7.37. The summed E-state index contributed by atoms with van der Waals surface area (Å²) in [6, 6.07) is 12.1. The molecule has 9 heteroatoms. The number of carbonyl (C=O) groups excluding carboxylic acids is 1. The topological polar surface area (TPSA) is 75.4 Å². The summed E-state index contributed by atoms with van der Waals surface area (Å²) < 4.78 is 6.61. The molecule has 160 valence electrons. The minimum Gasteiger partial charge on any atom is -0.340 e. The molecule has 0 saturated carbocycles. The number of amides is 1. The summed E-state index contributed by atoms with van der Waals surface area (Å²) >= 11 is 3.32. The SMILES string of the molecule is O=C(CCCc1nc2ccccc2s1)N1CCN(Cc2nc(-c3cccs3)no2)CC1. The van der Waals surface area contributed by atoms with Crippen molar-refractivity contribution in [2.24, 2.45) is 0 Å². The second-order valence-electron chi connectivity index (χ2n) is 7.57. The van der Waals surface area contributed by atoms with Gasteiger partial charge in [-0.05, 0) is 36.4 Å². The van der Waals surface area contributed by atoms with Gasteiger partial charge in [-0.2, -0.15) is 4.98 Å². The Morgan fingerprint density at radius 2 is 1.94 bits per heavy atom. The molecule has 1 saturated heterocycles. The zero-order valence-electron chi connectivity index (χ0n) is 17.1. The molecule has 7 nitrogen and oxygen atoms in total. The molecule has 1 amide bonds. The van der Waals surface area contributed by atoms with Crippen LogP contribution in [0.3, 0.4) is 0 Å². The number of thiazole rings is 1. The Morgan fingerprint density at radius 3 is 2.74 bits per heavy atom. The normalized spacial score (nSPS) is 15.0. The summed E-state index contributed by atoms with van der Waals surface area (Å²) in [6.07, 6.45) is 2.27. The van der Waals surface area contributed by atoms with Gasteiger partial charge < -0.3 is 9.42 Å². The van der Waals surface area contributed by atoms with Crippen LogP contribution in [0.15, 0.2) is 46.3 Å². The highest BCUT2D eigenvalue weighted by molar-refractivity contribution is 7.18. The summed E-state index contributed by atoms with van der Waals surface area (Å²) in [7, 11) is 0. The van der Waals surface area contributed by atoms with Crippen molar-refractivity contribution in [3.63, 3.8) is 0 Å². The first-order valence-corrected chi connectivity index (χ1v) is 12.2. The van der Waals surface area contributed by atoms with Gasteiger partial charge >= 0.3 is 0 Å². The fraction of sp³-hybridized carbons (Fsp3) is 0.364. The van der Waals surface area contributed by atoms with E-state index in [1.165, 1.54) is 4.70 Å². The molecule has 31 heavy (non-hydrogen) atoms. The Bertz CT molecular complexity index is 1110.